The van der Waals surface area contributed by atoms with Crippen molar-refractivity contribution in [1.82, 2.24) is 0 Å². The Hall–Kier alpha value is -5.80. The van der Waals surface area contributed by atoms with Crippen molar-refractivity contribution in [3.05, 3.63) is 134 Å². The van der Waals surface area contributed by atoms with Crippen LogP contribution in [0.4, 0.5) is 0 Å². The minimum atomic E-state index is 0.833. The van der Waals surface area contributed by atoms with Crippen LogP contribution in [0.5, 0.6) is 0 Å². The molecule has 0 saturated carbocycles. The molecule has 0 aliphatic carbocycles. The first-order valence-electron chi connectivity index (χ1n) is 14.5. The third-order valence-corrected chi connectivity index (χ3v) is 8.95. The molecule has 0 amide bonds. The van der Waals surface area contributed by atoms with Gasteiger partial charge in [-0.3, -0.25) is 0 Å². The molecule has 0 N–H and O–H groups in total. The maximum atomic E-state index is 6.42. The van der Waals surface area contributed by atoms with Crippen LogP contribution in [-0.4, -0.2) is 0 Å². The number of fused-ring (bicyclic) bond motifs is 10. The number of benzene rings is 7. The van der Waals surface area contributed by atoms with E-state index in [1.165, 1.54) is 38.2 Å². The van der Waals surface area contributed by atoms with E-state index in [4.69, 9.17) is 13.3 Å². The fourth-order valence-corrected chi connectivity index (χ4v) is 7.15. The molecule has 7 aromatic carbocycles. The highest BCUT2D eigenvalue weighted by atomic mass is 16.3. The standard InChI is InChI=1S/C40H22O3/c1-3-10-27-25(8-1)36(24-16-18-30-35(22-24)43-34-19-17-23-20-21-41-40(23)39(30)34)26-9-2-4-11-28(26)37(27)31-13-7-15-33-38(31)29-12-5-6-14-32(29)42-33/h1-22H. The van der Waals surface area contributed by atoms with Crippen molar-refractivity contribution in [1.29, 1.82) is 0 Å². The summed E-state index contributed by atoms with van der Waals surface area (Å²) < 4.78 is 18.6. The smallest absolute Gasteiger partial charge is 0.145 e. The van der Waals surface area contributed by atoms with Crippen LogP contribution < -0.4 is 0 Å². The molecule has 3 aromatic heterocycles. The predicted octanol–water partition coefficient (Wildman–Crippen LogP) is 11.9. The Balaban J connectivity index is 1.32. The van der Waals surface area contributed by atoms with E-state index in [1.807, 2.05) is 30.3 Å². The van der Waals surface area contributed by atoms with E-state index in [9.17, 15) is 0 Å². The molecule has 0 unspecified atom stereocenters. The second kappa shape index (κ2) is 8.37. The lowest BCUT2D eigenvalue weighted by molar-refractivity contribution is 0.618. The normalized spacial score (nSPS) is 12.2. The van der Waals surface area contributed by atoms with Crippen molar-refractivity contribution in [2.75, 3.05) is 0 Å². The van der Waals surface area contributed by atoms with Crippen molar-refractivity contribution < 1.29 is 13.3 Å². The molecule has 0 aliphatic heterocycles. The van der Waals surface area contributed by atoms with Crippen LogP contribution in [0, 0.1) is 0 Å². The van der Waals surface area contributed by atoms with Gasteiger partial charge in [0.25, 0.3) is 0 Å². The molecule has 0 aliphatic rings. The van der Waals surface area contributed by atoms with Gasteiger partial charge >= 0.3 is 0 Å². The largest absolute Gasteiger partial charge is 0.464 e. The minimum absolute atomic E-state index is 0.833. The molecule has 3 heteroatoms. The van der Waals surface area contributed by atoms with E-state index in [0.29, 0.717) is 0 Å². The fraction of sp³-hybridized carbons (Fsp3) is 0. The predicted molar refractivity (Wildman–Crippen MR) is 177 cm³/mol. The summed E-state index contributed by atoms with van der Waals surface area (Å²) >= 11 is 0. The lowest BCUT2D eigenvalue weighted by Gasteiger charge is -2.18. The third-order valence-electron chi connectivity index (χ3n) is 8.95. The highest BCUT2D eigenvalue weighted by Gasteiger charge is 2.21. The fourth-order valence-electron chi connectivity index (χ4n) is 7.15. The highest BCUT2D eigenvalue weighted by Crippen LogP contribution is 2.47. The topological polar surface area (TPSA) is 39.4 Å². The van der Waals surface area contributed by atoms with Gasteiger partial charge < -0.3 is 13.3 Å². The van der Waals surface area contributed by atoms with Gasteiger partial charge in [0, 0.05) is 21.5 Å². The molecule has 10 aromatic rings. The van der Waals surface area contributed by atoms with E-state index in [0.717, 1.165) is 60.4 Å². The summed E-state index contributed by atoms with van der Waals surface area (Å²) in [5.41, 5.74) is 9.07. The molecule has 0 saturated heterocycles. The molecule has 0 spiro atoms. The molecule has 10 rings (SSSR count). The molecule has 0 fully saturated rings. The summed E-state index contributed by atoms with van der Waals surface area (Å²) in [7, 11) is 0. The van der Waals surface area contributed by atoms with E-state index in [-0.39, 0.29) is 0 Å². The van der Waals surface area contributed by atoms with Crippen molar-refractivity contribution in [3.63, 3.8) is 0 Å². The number of para-hydroxylation sites is 1. The van der Waals surface area contributed by atoms with E-state index in [2.05, 4.69) is 97.1 Å². The molecular weight excluding hydrogens is 528 g/mol. The van der Waals surface area contributed by atoms with Gasteiger partial charge in [-0.25, -0.2) is 0 Å². The van der Waals surface area contributed by atoms with Crippen molar-refractivity contribution in [3.8, 4) is 22.3 Å². The van der Waals surface area contributed by atoms with E-state index in [1.54, 1.807) is 6.26 Å². The molecule has 3 heterocycles. The summed E-state index contributed by atoms with van der Waals surface area (Å²) in [6.45, 7) is 0. The Morgan fingerprint density at radius 1 is 0.395 bits per heavy atom. The molecule has 200 valence electrons. The molecule has 0 bridgehead atoms. The third kappa shape index (κ3) is 3.08. The first-order chi connectivity index (χ1) is 21.3. The molecule has 3 nitrogen and oxygen atoms in total. The Labute approximate surface area is 245 Å². The average molecular weight is 551 g/mol. The van der Waals surface area contributed by atoms with Crippen LogP contribution >= 0.6 is 0 Å². The summed E-state index contributed by atoms with van der Waals surface area (Å²) in [4.78, 5) is 0. The zero-order valence-corrected chi connectivity index (χ0v) is 22.9. The Bertz CT molecular complexity index is 2680. The molecular formula is C40H22O3. The Morgan fingerprint density at radius 2 is 1.02 bits per heavy atom. The van der Waals surface area contributed by atoms with Crippen LogP contribution in [0.15, 0.2) is 147 Å². The van der Waals surface area contributed by atoms with Crippen LogP contribution in [0.25, 0.3) is 98.6 Å². The van der Waals surface area contributed by atoms with Crippen molar-refractivity contribution >= 4 is 76.4 Å². The SMILES string of the molecule is c1ccc2c(c1)oc1cccc(-c3c4ccccc4c(-c4ccc5c(c4)oc4ccc6ccoc6c45)c4ccccc34)c12. The molecule has 0 atom stereocenters. The summed E-state index contributed by atoms with van der Waals surface area (Å²) in [6.07, 6.45) is 1.74. The summed E-state index contributed by atoms with van der Waals surface area (Å²) in [5.74, 6) is 0. The lowest BCUT2D eigenvalue weighted by Crippen LogP contribution is -1.91. The first-order valence-corrected chi connectivity index (χ1v) is 14.5. The Morgan fingerprint density at radius 3 is 1.81 bits per heavy atom. The number of rotatable bonds is 2. The van der Waals surface area contributed by atoms with Crippen molar-refractivity contribution in [2.24, 2.45) is 0 Å². The second-order valence-electron chi connectivity index (χ2n) is 11.2. The van der Waals surface area contributed by atoms with Gasteiger partial charge in [0.15, 0.2) is 0 Å². The maximum absolute atomic E-state index is 6.42. The first kappa shape index (κ1) is 22.8. The highest BCUT2D eigenvalue weighted by molar-refractivity contribution is 6.26. The maximum Gasteiger partial charge on any atom is 0.145 e. The van der Waals surface area contributed by atoms with Crippen LogP contribution in [0.2, 0.25) is 0 Å². The van der Waals surface area contributed by atoms with Crippen LogP contribution in [0.3, 0.4) is 0 Å². The number of hydrogen-bond donors (Lipinski definition) is 0. The van der Waals surface area contributed by atoms with Gasteiger partial charge in [0.1, 0.15) is 27.9 Å². The quantitative estimate of drug-likeness (QED) is 0.201. The van der Waals surface area contributed by atoms with E-state index >= 15 is 0 Å². The van der Waals surface area contributed by atoms with Crippen molar-refractivity contribution in [2.45, 2.75) is 0 Å². The lowest BCUT2D eigenvalue weighted by atomic mass is 9.85. The number of hydrogen-bond acceptors (Lipinski definition) is 3. The number of furan rings is 3. The molecule has 0 radical (unpaired) electrons. The van der Waals surface area contributed by atoms with Gasteiger partial charge in [-0.15, -0.1) is 0 Å². The minimum Gasteiger partial charge on any atom is -0.464 e. The Kier molecular flexibility index (Phi) is 4.45. The molecule has 43 heavy (non-hydrogen) atoms. The average Bonchev–Trinajstić information content (AvgIpc) is 3.78. The van der Waals surface area contributed by atoms with Gasteiger partial charge in [0.05, 0.1) is 11.6 Å². The summed E-state index contributed by atoms with van der Waals surface area (Å²) in [6, 6.07) is 44.9. The van der Waals surface area contributed by atoms with Gasteiger partial charge in [-0.1, -0.05) is 84.9 Å². The summed E-state index contributed by atoms with van der Waals surface area (Å²) in [5, 5.41) is 10.2. The van der Waals surface area contributed by atoms with E-state index < -0.39 is 0 Å². The van der Waals surface area contributed by atoms with Crippen LogP contribution in [-0.2, 0) is 0 Å². The zero-order valence-electron chi connectivity index (χ0n) is 22.9. The second-order valence-corrected chi connectivity index (χ2v) is 11.2. The van der Waals surface area contributed by atoms with Gasteiger partial charge in [-0.2, -0.15) is 0 Å². The zero-order chi connectivity index (χ0) is 28.1. The monoisotopic (exact) mass is 550 g/mol. The van der Waals surface area contributed by atoms with Gasteiger partial charge in [0.2, 0.25) is 0 Å². The van der Waals surface area contributed by atoms with Gasteiger partial charge in [-0.05, 0) is 86.3 Å². The van der Waals surface area contributed by atoms with Crippen LogP contribution in [0.1, 0.15) is 0 Å².